The Morgan fingerprint density at radius 3 is 1.64 bits per heavy atom. The van der Waals surface area contributed by atoms with Gasteiger partial charge in [0.15, 0.2) is 17.5 Å². The Morgan fingerprint density at radius 2 is 0.956 bits per heavy atom. The largest absolute Gasteiger partial charge is 0.309 e. The Kier molecular flexibility index (Phi) is 6.44. The number of aromatic nitrogens is 4. The molecule has 210 valence electrons. The van der Waals surface area contributed by atoms with E-state index in [0.717, 1.165) is 55.3 Å². The summed E-state index contributed by atoms with van der Waals surface area (Å²) in [5, 5.41) is 11.7. The third-order valence-electron chi connectivity index (χ3n) is 8.06. The molecular weight excluding hydrogens is 550 g/mol. The molecule has 0 atom stereocenters. The number of hydrogen-bond acceptors (Lipinski definition) is 4. The van der Waals surface area contributed by atoms with Gasteiger partial charge in [-0.05, 0) is 53.6 Å². The lowest BCUT2D eigenvalue weighted by Crippen LogP contribution is -2.00. The quantitative estimate of drug-likeness (QED) is 0.205. The van der Waals surface area contributed by atoms with Gasteiger partial charge in [0.2, 0.25) is 0 Å². The first-order valence-corrected chi connectivity index (χ1v) is 14.8. The van der Waals surface area contributed by atoms with Crippen LogP contribution >= 0.6 is 0 Å². The molecule has 0 saturated carbocycles. The monoisotopic (exact) mass is 575 g/mol. The molecule has 8 rings (SSSR count). The average Bonchev–Trinajstić information content (AvgIpc) is 3.46. The van der Waals surface area contributed by atoms with Crippen LogP contribution in [0.25, 0.3) is 72.8 Å². The van der Waals surface area contributed by atoms with E-state index in [2.05, 4.69) is 71.3 Å². The number of para-hydroxylation sites is 1. The van der Waals surface area contributed by atoms with Crippen molar-refractivity contribution in [3.05, 3.63) is 157 Å². The number of hydrogen-bond donors (Lipinski definition) is 0. The highest BCUT2D eigenvalue weighted by molar-refractivity contribution is 6.09. The van der Waals surface area contributed by atoms with Gasteiger partial charge in [-0.15, -0.1) is 0 Å². The fourth-order valence-corrected chi connectivity index (χ4v) is 5.92. The third-order valence-corrected chi connectivity index (χ3v) is 8.06. The van der Waals surface area contributed by atoms with Crippen LogP contribution in [-0.4, -0.2) is 19.5 Å². The maximum atomic E-state index is 9.54. The predicted molar refractivity (Wildman–Crippen MR) is 181 cm³/mol. The molecule has 0 aliphatic heterocycles. The van der Waals surface area contributed by atoms with Crippen molar-refractivity contribution in [3.63, 3.8) is 0 Å². The summed E-state index contributed by atoms with van der Waals surface area (Å²) in [4.78, 5) is 14.7. The van der Waals surface area contributed by atoms with E-state index in [4.69, 9.17) is 15.0 Å². The van der Waals surface area contributed by atoms with E-state index >= 15 is 0 Å². The van der Waals surface area contributed by atoms with Crippen LogP contribution in [0.4, 0.5) is 0 Å². The normalized spacial score (nSPS) is 11.1. The van der Waals surface area contributed by atoms with Gasteiger partial charge < -0.3 is 4.57 Å². The molecule has 0 radical (unpaired) electrons. The molecule has 6 aromatic carbocycles. The highest BCUT2D eigenvalue weighted by Gasteiger charge is 2.15. The Balaban J connectivity index is 1.25. The van der Waals surface area contributed by atoms with Crippen LogP contribution in [0.3, 0.4) is 0 Å². The first kappa shape index (κ1) is 26.3. The molecule has 2 aromatic heterocycles. The van der Waals surface area contributed by atoms with Gasteiger partial charge in [-0.25, -0.2) is 15.0 Å². The number of benzene rings is 6. The molecule has 0 unspecified atom stereocenters. The molecule has 5 heteroatoms. The molecule has 2 heterocycles. The van der Waals surface area contributed by atoms with Gasteiger partial charge in [-0.1, -0.05) is 109 Å². The van der Waals surface area contributed by atoms with Crippen LogP contribution in [0.2, 0.25) is 0 Å². The van der Waals surface area contributed by atoms with E-state index in [9.17, 15) is 5.26 Å². The third kappa shape index (κ3) is 4.81. The van der Waals surface area contributed by atoms with Gasteiger partial charge in [0.1, 0.15) is 0 Å². The van der Waals surface area contributed by atoms with Gasteiger partial charge in [0, 0.05) is 33.2 Å². The lowest BCUT2D eigenvalue weighted by atomic mass is 10.0. The maximum Gasteiger partial charge on any atom is 0.164 e. The smallest absolute Gasteiger partial charge is 0.164 e. The van der Waals surface area contributed by atoms with Crippen molar-refractivity contribution in [1.29, 1.82) is 5.26 Å². The topological polar surface area (TPSA) is 67.4 Å². The Morgan fingerprint density at radius 1 is 0.422 bits per heavy atom. The second-order valence-electron chi connectivity index (χ2n) is 10.9. The van der Waals surface area contributed by atoms with Crippen LogP contribution in [0.5, 0.6) is 0 Å². The van der Waals surface area contributed by atoms with Crippen LogP contribution in [-0.2, 0) is 0 Å². The molecule has 5 nitrogen and oxygen atoms in total. The molecule has 8 aromatic rings. The number of nitriles is 1. The predicted octanol–water partition coefficient (Wildman–Crippen LogP) is 9.51. The molecule has 0 spiro atoms. The van der Waals surface area contributed by atoms with Crippen molar-refractivity contribution in [2.75, 3.05) is 0 Å². The molecule has 0 saturated heterocycles. The fourth-order valence-electron chi connectivity index (χ4n) is 5.92. The molecular formula is C40H25N5. The van der Waals surface area contributed by atoms with Crippen molar-refractivity contribution >= 4 is 21.8 Å². The summed E-state index contributed by atoms with van der Waals surface area (Å²) in [6.45, 7) is 0. The standard InChI is InChI=1S/C40H25N5/c41-26-27-21-22-37-35(23-27)34-19-7-8-20-36(34)45(37)33-18-10-16-31(25-33)30-15-9-17-32(24-30)40-43-38(28-11-3-1-4-12-28)42-39(44-40)29-13-5-2-6-14-29/h1-25H. The van der Waals surface area contributed by atoms with Gasteiger partial charge in [0.05, 0.1) is 22.7 Å². The molecule has 0 fully saturated rings. The molecule has 0 amide bonds. The first-order chi connectivity index (χ1) is 22.2. The molecule has 0 bridgehead atoms. The van der Waals surface area contributed by atoms with Crippen molar-refractivity contribution in [1.82, 2.24) is 19.5 Å². The second kappa shape index (κ2) is 11.0. The molecule has 0 N–H and O–H groups in total. The second-order valence-corrected chi connectivity index (χ2v) is 10.9. The van der Waals surface area contributed by atoms with Gasteiger partial charge in [-0.2, -0.15) is 5.26 Å². The average molecular weight is 576 g/mol. The summed E-state index contributed by atoms with van der Waals surface area (Å²) < 4.78 is 2.27. The molecule has 0 aliphatic rings. The maximum absolute atomic E-state index is 9.54. The van der Waals surface area contributed by atoms with Gasteiger partial charge in [0.25, 0.3) is 0 Å². The number of fused-ring (bicyclic) bond motifs is 3. The minimum atomic E-state index is 0.622. The summed E-state index contributed by atoms with van der Waals surface area (Å²) >= 11 is 0. The Labute approximate surface area is 260 Å². The zero-order chi connectivity index (χ0) is 30.2. The van der Waals surface area contributed by atoms with Crippen molar-refractivity contribution in [3.8, 4) is 57.0 Å². The SMILES string of the molecule is N#Cc1ccc2c(c1)c1ccccc1n2-c1cccc(-c2cccc(-c3nc(-c4ccccc4)nc(-c4ccccc4)n3)c2)c1. The summed E-state index contributed by atoms with van der Waals surface area (Å²) in [5.74, 6) is 1.90. The number of nitrogens with zero attached hydrogens (tertiary/aromatic N) is 5. The highest BCUT2D eigenvalue weighted by Crippen LogP contribution is 2.34. The van der Waals surface area contributed by atoms with Crippen molar-refractivity contribution in [2.24, 2.45) is 0 Å². The van der Waals surface area contributed by atoms with Crippen LogP contribution in [0.15, 0.2) is 152 Å². The van der Waals surface area contributed by atoms with Crippen molar-refractivity contribution in [2.45, 2.75) is 0 Å². The Bertz CT molecular complexity index is 2330. The summed E-state index contributed by atoms with van der Waals surface area (Å²) in [5.41, 5.74) is 8.79. The van der Waals surface area contributed by atoms with E-state index in [1.165, 1.54) is 0 Å². The van der Waals surface area contributed by atoms with Crippen LogP contribution in [0, 0.1) is 11.3 Å². The van der Waals surface area contributed by atoms with E-state index in [1.54, 1.807) is 0 Å². The van der Waals surface area contributed by atoms with Crippen LogP contribution < -0.4 is 0 Å². The first-order valence-electron chi connectivity index (χ1n) is 14.8. The minimum Gasteiger partial charge on any atom is -0.309 e. The van der Waals surface area contributed by atoms with Crippen molar-refractivity contribution < 1.29 is 0 Å². The zero-order valence-electron chi connectivity index (χ0n) is 24.2. The lowest BCUT2D eigenvalue weighted by Gasteiger charge is -2.12. The summed E-state index contributed by atoms with van der Waals surface area (Å²) in [6.07, 6.45) is 0. The Hall–Kier alpha value is -6.38. The highest BCUT2D eigenvalue weighted by atomic mass is 15.0. The zero-order valence-corrected chi connectivity index (χ0v) is 24.2. The van der Waals surface area contributed by atoms with Crippen LogP contribution in [0.1, 0.15) is 5.56 Å². The molecule has 45 heavy (non-hydrogen) atoms. The van der Waals surface area contributed by atoms with Gasteiger partial charge in [-0.3, -0.25) is 0 Å². The van der Waals surface area contributed by atoms with Gasteiger partial charge >= 0.3 is 0 Å². The lowest BCUT2D eigenvalue weighted by molar-refractivity contribution is 1.07. The summed E-state index contributed by atoms with van der Waals surface area (Å²) in [6, 6.07) is 53.5. The van der Waals surface area contributed by atoms with E-state index in [0.29, 0.717) is 23.0 Å². The fraction of sp³-hybridized carbons (Fsp3) is 0. The van der Waals surface area contributed by atoms with E-state index in [1.807, 2.05) is 91.0 Å². The minimum absolute atomic E-state index is 0.622. The number of rotatable bonds is 5. The van der Waals surface area contributed by atoms with E-state index in [-0.39, 0.29) is 0 Å². The summed E-state index contributed by atoms with van der Waals surface area (Å²) in [7, 11) is 0. The molecule has 0 aliphatic carbocycles. The van der Waals surface area contributed by atoms with E-state index < -0.39 is 0 Å².